The Balaban J connectivity index is 2.90. The van der Waals surface area contributed by atoms with Crippen LogP contribution in [0.1, 0.15) is 0 Å². The Hall–Kier alpha value is -1.20. The molecule has 0 spiro atoms. The maximum absolute atomic E-state index is 6.02. The molecule has 0 fully saturated rings. The van der Waals surface area contributed by atoms with Crippen molar-refractivity contribution < 1.29 is 30.4 Å². The Bertz CT molecular complexity index is 99.9. The Morgan fingerprint density at radius 3 is 2.60 bits per heavy atom. The van der Waals surface area contributed by atoms with Gasteiger partial charge in [0.15, 0.2) is 0 Å². The lowest BCUT2D eigenvalue weighted by Gasteiger charge is -1.87. The average molecular weight is 155 g/mol. The van der Waals surface area contributed by atoms with E-state index in [0.29, 0.717) is 0 Å². The molecule has 58 valence electrons. The molecule has 0 aromatic heterocycles. The van der Waals surface area contributed by atoms with Crippen LogP contribution in [-0.2, 0) is 25.1 Å². The van der Waals surface area contributed by atoms with E-state index in [2.05, 4.69) is 40.9 Å². The molecule has 10 heavy (non-hydrogen) atoms. The van der Waals surface area contributed by atoms with Gasteiger partial charge in [0.05, 0.1) is 5.28 Å². The maximum Gasteiger partial charge on any atom is 0.103 e. The molecule has 0 amide bonds. The summed E-state index contributed by atoms with van der Waals surface area (Å²) in [7, 11) is 0. The van der Waals surface area contributed by atoms with Gasteiger partial charge in [0.2, 0.25) is 0 Å². The molecular formula is H3N4O6+. The van der Waals surface area contributed by atoms with E-state index in [1.54, 1.807) is 0 Å². The minimum atomic E-state index is 2.39. The van der Waals surface area contributed by atoms with Crippen molar-refractivity contribution in [2.45, 2.75) is 0 Å². The van der Waals surface area contributed by atoms with Crippen LogP contribution in [0.5, 0.6) is 0 Å². The quantitative estimate of drug-likeness (QED) is 0.184. The summed E-state index contributed by atoms with van der Waals surface area (Å²) in [5.74, 6) is 0. The van der Waals surface area contributed by atoms with Gasteiger partial charge in [0, 0.05) is 20.3 Å². The van der Waals surface area contributed by atoms with Crippen molar-refractivity contribution in [1.29, 1.82) is 5.53 Å². The zero-order valence-electron chi connectivity index (χ0n) is 4.38. The molecule has 0 rings (SSSR count). The first-order valence-electron chi connectivity index (χ1n) is 1.68. The summed E-state index contributed by atoms with van der Waals surface area (Å²) in [6.07, 6.45) is 0. The molecule has 0 heterocycles. The molecule has 0 saturated heterocycles. The number of rotatable bonds is 6. The highest BCUT2D eigenvalue weighted by atomic mass is 17.8. The molecule has 0 bridgehead atoms. The summed E-state index contributed by atoms with van der Waals surface area (Å²) < 4.78 is 0. The Kier molecular flexibility index (Phi) is 6.86. The van der Waals surface area contributed by atoms with Crippen molar-refractivity contribution in [2.75, 3.05) is 0 Å². The lowest BCUT2D eigenvalue weighted by atomic mass is 12.6. The number of hydrogen-bond acceptors (Lipinski definition) is 7. The molecule has 3 N–H and O–H groups in total. The SMILES string of the molecule is N=N/N=N/OOOOO[OH2+]. The van der Waals surface area contributed by atoms with E-state index in [1.165, 1.54) is 0 Å². The van der Waals surface area contributed by atoms with Gasteiger partial charge in [-0.25, -0.2) is 5.26 Å². The van der Waals surface area contributed by atoms with Gasteiger partial charge in [-0.1, -0.05) is 0 Å². The highest BCUT2D eigenvalue weighted by Crippen LogP contribution is 1.85. The van der Waals surface area contributed by atoms with Crippen LogP contribution in [0.3, 0.4) is 0 Å². The van der Waals surface area contributed by atoms with Gasteiger partial charge >= 0.3 is 0 Å². The van der Waals surface area contributed by atoms with Crippen LogP contribution in [0, 0.1) is 5.53 Å². The second kappa shape index (κ2) is 7.80. The molecule has 0 aliphatic carbocycles. The fourth-order valence-corrected chi connectivity index (χ4v) is 0.0844. The minimum absolute atomic E-state index is 2.39. The summed E-state index contributed by atoms with van der Waals surface area (Å²) in [6, 6.07) is 0. The molecule has 0 aromatic rings. The van der Waals surface area contributed by atoms with E-state index >= 15 is 0 Å². The predicted molar refractivity (Wildman–Crippen MR) is 19.0 cm³/mol. The maximum atomic E-state index is 6.02. The molecule has 0 unspecified atom stereocenters. The van der Waals surface area contributed by atoms with Crippen LogP contribution < -0.4 is 0 Å². The third kappa shape index (κ3) is 6.80. The zero-order valence-corrected chi connectivity index (χ0v) is 4.38. The Morgan fingerprint density at radius 1 is 1.20 bits per heavy atom. The standard InChI is InChI=1S/H2N4O6/c1-2-3-4-6-8-10-9-7-5/h1,5H/p+1/b2-1?,4-3+. The van der Waals surface area contributed by atoms with E-state index in [4.69, 9.17) is 10.8 Å². The van der Waals surface area contributed by atoms with Crippen molar-refractivity contribution in [3.05, 3.63) is 0 Å². The molecule has 0 aliphatic rings. The molecule has 0 aromatic carbocycles. The van der Waals surface area contributed by atoms with Crippen LogP contribution in [0.25, 0.3) is 0 Å². The Labute approximate surface area is 53.0 Å². The molecule has 0 radical (unpaired) electrons. The van der Waals surface area contributed by atoms with Crippen LogP contribution in [0.2, 0.25) is 0 Å². The highest BCUT2D eigenvalue weighted by Gasteiger charge is 1.88. The number of hydrogen-bond donors (Lipinski definition) is 1. The van der Waals surface area contributed by atoms with E-state index in [-0.39, 0.29) is 0 Å². The third-order valence-electron chi connectivity index (χ3n) is 0.235. The first-order valence-corrected chi connectivity index (χ1v) is 1.68. The van der Waals surface area contributed by atoms with Crippen molar-refractivity contribution in [2.24, 2.45) is 15.7 Å². The van der Waals surface area contributed by atoms with Crippen LogP contribution in [0.15, 0.2) is 15.7 Å². The molecule has 0 aliphatic heterocycles. The smallest absolute Gasteiger partial charge is 0.103 e. The van der Waals surface area contributed by atoms with Gasteiger partial charge < -0.3 is 0 Å². The van der Waals surface area contributed by atoms with E-state index in [9.17, 15) is 0 Å². The summed E-state index contributed by atoms with van der Waals surface area (Å²) in [5.41, 5.74) is 6.02. The molecule has 10 nitrogen and oxygen atoms in total. The van der Waals surface area contributed by atoms with Crippen LogP contribution in [-0.4, -0.2) is 5.26 Å². The fourth-order valence-electron chi connectivity index (χ4n) is 0.0844. The largest absolute Gasteiger partial charge is 0.228 e. The topological polar surface area (TPSA) is 130 Å². The number of nitrogens with one attached hydrogen (secondary N) is 1. The van der Waals surface area contributed by atoms with Crippen LogP contribution >= 0.6 is 0 Å². The molecule has 0 saturated carbocycles. The molecule has 10 heteroatoms. The van der Waals surface area contributed by atoms with Crippen molar-refractivity contribution in [1.82, 2.24) is 0 Å². The summed E-state index contributed by atoms with van der Waals surface area (Å²) in [5, 5.41) is 26.9. The van der Waals surface area contributed by atoms with Crippen molar-refractivity contribution >= 4 is 0 Å². The zero-order chi connectivity index (χ0) is 7.66. The van der Waals surface area contributed by atoms with Gasteiger partial charge in [-0.2, -0.15) is 10.5 Å². The monoisotopic (exact) mass is 155 g/mol. The van der Waals surface area contributed by atoms with Gasteiger partial charge in [-0.3, -0.25) is 0 Å². The lowest BCUT2D eigenvalue weighted by Crippen LogP contribution is -1.93. The first-order chi connectivity index (χ1) is 4.91. The Morgan fingerprint density at radius 2 is 2.00 bits per heavy atom. The van der Waals surface area contributed by atoms with Crippen LogP contribution in [0.4, 0.5) is 0 Å². The minimum Gasteiger partial charge on any atom is -0.228 e. The van der Waals surface area contributed by atoms with E-state index < -0.39 is 0 Å². The summed E-state index contributed by atoms with van der Waals surface area (Å²) in [6.45, 7) is 0. The van der Waals surface area contributed by atoms with Gasteiger partial charge in [-0.05, 0) is 5.22 Å². The van der Waals surface area contributed by atoms with E-state index in [1.807, 2.05) is 0 Å². The third-order valence-corrected chi connectivity index (χ3v) is 0.235. The summed E-state index contributed by atoms with van der Waals surface area (Å²) in [4.78, 5) is 3.61. The highest BCUT2D eigenvalue weighted by molar-refractivity contribution is 3.82. The lowest BCUT2D eigenvalue weighted by molar-refractivity contribution is -0.754. The van der Waals surface area contributed by atoms with Crippen molar-refractivity contribution in [3.63, 3.8) is 0 Å². The molecule has 0 atom stereocenters. The van der Waals surface area contributed by atoms with Gasteiger partial charge in [-0.15, -0.1) is 0 Å². The van der Waals surface area contributed by atoms with Gasteiger partial charge in [0.25, 0.3) is 0 Å². The average Bonchev–Trinajstić information content (AvgIpc) is 1.97. The molecular weight excluding hydrogens is 152 g/mol. The second-order valence-electron chi connectivity index (χ2n) is 0.633. The number of nitrogens with zero attached hydrogens (tertiary/aromatic N) is 3. The van der Waals surface area contributed by atoms with Crippen molar-refractivity contribution in [3.8, 4) is 0 Å². The fraction of sp³-hybridized carbons (Fsp3) is 0. The predicted octanol–water partition coefficient (Wildman–Crippen LogP) is -0.318. The second-order valence-corrected chi connectivity index (χ2v) is 0.633. The summed E-state index contributed by atoms with van der Waals surface area (Å²) >= 11 is 0. The first kappa shape index (κ1) is 8.80. The normalized spacial score (nSPS) is 10.1. The van der Waals surface area contributed by atoms with Gasteiger partial charge in [0.1, 0.15) is 5.04 Å². The van der Waals surface area contributed by atoms with E-state index in [0.717, 1.165) is 0 Å².